The Hall–Kier alpha value is -1.63. The number of likely N-dealkylation sites (tertiary alicyclic amines) is 1. The lowest BCUT2D eigenvalue weighted by Crippen LogP contribution is -2.40. The molecule has 98 valence electrons. The predicted molar refractivity (Wildman–Crippen MR) is 65.9 cm³/mol. The third-order valence-corrected chi connectivity index (χ3v) is 4.14. The summed E-state index contributed by atoms with van der Waals surface area (Å²) in [7, 11) is 2.16. The van der Waals surface area contributed by atoms with E-state index in [9.17, 15) is 4.79 Å². The number of likely N-dealkylation sites (N-methyl/N-ethyl adjacent to an activating group) is 1. The molecule has 0 spiro atoms. The molecule has 2 fully saturated rings. The van der Waals surface area contributed by atoms with Gasteiger partial charge in [-0.25, -0.2) is 0 Å². The molecular formula is C11H18N6O. The summed E-state index contributed by atoms with van der Waals surface area (Å²) in [6.07, 6.45) is 3.45. The summed E-state index contributed by atoms with van der Waals surface area (Å²) in [6, 6.07) is 1.09. The second-order valence-electron chi connectivity index (χ2n) is 5.13. The lowest BCUT2D eigenvalue weighted by molar-refractivity contribution is 0.0728. The number of hydrogen-bond acceptors (Lipinski definition) is 5. The molecule has 3 heterocycles. The molecule has 2 saturated heterocycles. The summed E-state index contributed by atoms with van der Waals surface area (Å²) in [5.41, 5.74) is 5.43. The number of aromatic nitrogens is 3. The summed E-state index contributed by atoms with van der Waals surface area (Å²) in [5.74, 6) is 0.264. The van der Waals surface area contributed by atoms with Gasteiger partial charge in [0.1, 0.15) is 0 Å². The van der Waals surface area contributed by atoms with Crippen molar-refractivity contribution < 1.29 is 4.79 Å². The van der Waals surface area contributed by atoms with Gasteiger partial charge >= 0.3 is 0 Å². The number of nitrogens with two attached hydrogens (primary N) is 1. The van der Waals surface area contributed by atoms with Crippen LogP contribution in [0.15, 0.2) is 0 Å². The molecule has 0 aromatic carbocycles. The van der Waals surface area contributed by atoms with Crippen LogP contribution in [0.4, 0.5) is 5.95 Å². The Morgan fingerprint density at radius 2 is 2.17 bits per heavy atom. The second kappa shape index (κ2) is 4.24. The van der Waals surface area contributed by atoms with Crippen molar-refractivity contribution in [1.82, 2.24) is 25.0 Å². The molecule has 0 unspecified atom stereocenters. The first kappa shape index (κ1) is 11.5. The number of nitrogens with zero attached hydrogens (tertiary/aromatic N) is 4. The largest absolute Gasteiger partial charge is 0.366 e. The van der Waals surface area contributed by atoms with Gasteiger partial charge in [-0.05, 0) is 26.3 Å². The highest BCUT2D eigenvalue weighted by Gasteiger charge is 2.36. The van der Waals surface area contributed by atoms with Crippen LogP contribution in [0.5, 0.6) is 0 Å². The van der Waals surface area contributed by atoms with Crippen molar-refractivity contribution in [2.75, 3.05) is 25.9 Å². The minimum atomic E-state index is -0.0971. The molecule has 0 radical (unpaired) electrons. The van der Waals surface area contributed by atoms with E-state index in [0.29, 0.717) is 12.1 Å². The van der Waals surface area contributed by atoms with Crippen molar-refractivity contribution in [1.29, 1.82) is 0 Å². The molecular weight excluding hydrogens is 232 g/mol. The Morgan fingerprint density at radius 3 is 2.89 bits per heavy atom. The maximum atomic E-state index is 12.3. The van der Waals surface area contributed by atoms with Crippen LogP contribution in [0.2, 0.25) is 0 Å². The highest BCUT2D eigenvalue weighted by Crippen LogP contribution is 2.28. The van der Waals surface area contributed by atoms with E-state index in [4.69, 9.17) is 5.73 Å². The molecule has 2 aliphatic rings. The monoisotopic (exact) mass is 250 g/mol. The van der Waals surface area contributed by atoms with Gasteiger partial charge in [-0.1, -0.05) is 0 Å². The smallest absolute Gasteiger partial charge is 0.291 e. The van der Waals surface area contributed by atoms with Gasteiger partial charge in [-0.15, -0.1) is 5.10 Å². The van der Waals surface area contributed by atoms with Crippen LogP contribution in [0.1, 0.15) is 29.9 Å². The number of nitrogens with one attached hydrogen (secondary N) is 1. The quantitative estimate of drug-likeness (QED) is 0.713. The first-order valence-corrected chi connectivity index (χ1v) is 6.34. The number of aromatic amines is 1. The number of amides is 1. The number of nitrogen functional groups attached to an aromatic ring is 1. The van der Waals surface area contributed by atoms with Crippen LogP contribution in [-0.4, -0.2) is 63.1 Å². The van der Waals surface area contributed by atoms with Crippen LogP contribution in [-0.2, 0) is 0 Å². The predicted octanol–water partition coefficient (Wildman–Crippen LogP) is -0.304. The van der Waals surface area contributed by atoms with Gasteiger partial charge in [0.2, 0.25) is 11.8 Å². The Bertz CT molecular complexity index is 458. The van der Waals surface area contributed by atoms with Crippen molar-refractivity contribution in [3.05, 3.63) is 5.82 Å². The number of fused-ring (bicyclic) bond motifs is 2. The first-order chi connectivity index (χ1) is 8.65. The average Bonchev–Trinajstić information content (AvgIpc) is 2.84. The fourth-order valence-corrected chi connectivity index (χ4v) is 3.01. The molecule has 3 N–H and O–H groups in total. The highest BCUT2D eigenvalue weighted by molar-refractivity contribution is 5.90. The molecule has 7 heteroatoms. The highest BCUT2D eigenvalue weighted by atomic mass is 16.2. The van der Waals surface area contributed by atoms with Gasteiger partial charge in [0.25, 0.3) is 5.91 Å². The van der Waals surface area contributed by atoms with Gasteiger partial charge < -0.3 is 10.6 Å². The molecule has 2 bridgehead atoms. The van der Waals surface area contributed by atoms with E-state index in [0.717, 1.165) is 19.5 Å². The Labute approximate surface area is 105 Å². The minimum absolute atomic E-state index is 0.0971. The standard InChI is InChI=1S/C11H18N6O/c1-16-7-2-3-8(16)6-17(5-4-7)10(18)9-13-11(12)15-14-9/h7-8H,2-6H2,1H3,(H3,12,13,14,15)/t7-,8+/m1/s1. The molecule has 18 heavy (non-hydrogen) atoms. The Morgan fingerprint density at radius 1 is 1.39 bits per heavy atom. The number of anilines is 1. The number of carbonyl (C=O) groups excluding carboxylic acids is 1. The fourth-order valence-electron chi connectivity index (χ4n) is 3.01. The van der Waals surface area contributed by atoms with Crippen LogP contribution in [0.3, 0.4) is 0 Å². The van der Waals surface area contributed by atoms with Crippen molar-refractivity contribution in [2.45, 2.75) is 31.3 Å². The summed E-state index contributed by atoms with van der Waals surface area (Å²) >= 11 is 0. The zero-order chi connectivity index (χ0) is 12.7. The lowest BCUT2D eigenvalue weighted by Gasteiger charge is -2.24. The fraction of sp³-hybridized carbons (Fsp3) is 0.727. The van der Waals surface area contributed by atoms with E-state index < -0.39 is 0 Å². The third kappa shape index (κ3) is 1.84. The van der Waals surface area contributed by atoms with Gasteiger partial charge in [-0.2, -0.15) is 4.98 Å². The topological polar surface area (TPSA) is 91.1 Å². The molecule has 1 aromatic heterocycles. The van der Waals surface area contributed by atoms with Gasteiger partial charge in [0, 0.05) is 25.2 Å². The lowest BCUT2D eigenvalue weighted by atomic mass is 10.1. The zero-order valence-electron chi connectivity index (χ0n) is 10.5. The number of H-pyrrole nitrogens is 1. The molecule has 1 amide bonds. The number of rotatable bonds is 1. The van der Waals surface area contributed by atoms with Crippen LogP contribution in [0.25, 0.3) is 0 Å². The van der Waals surface area contributed by atoms with E-state index in [1.165, 1.54) is 12.8 Å². The van der Waals surface area contributed by atoms with E-state index in [1.807, 2.05) is 4.90 Å². The molecule has 2 atom stereocenters. The SMILES string of the molecule is CN1[C@@H]2CC[C@H]1CN(C(=O)c1nc(N)n[nH]1)CC2. The third-order valence-electron chi connectivity index (χ3n) is 4.14. The van der Waals surface area contributed by atoms with E-state index in [2.05, 4.69) is 27.1 Å². The summed E-state index contributed by atoms with van der Waals surface area (Å²) < 4.78 is 0. The maximum absolute atomic E-state index is 12.3. The Kier molecular flexibility index (Phi) is 2.70. The molecule has 0 saturated carbocycles. The molecule has 1 aromatic rings. The molecule has 3 rings (SSSR count). The van der Waals surface area contributed by atoms with Gasteiger partial charge in [0.05, 0.1) is 0 Å². The molecule has 2 aliphatic heterocycles. The average molecular weight is 250 g/mol. The second-order valence-corrected chi connectivity index (χ2v) is 5.13. The van der Waals surface area contributed by atoms with E-state index in [1.54, 1.807) is 0 Å². The maximum Gasteiger partial charge on any atom is 0.291 e. The van der Waals surface area contributed by atoms with Crippen LogP contribution < -0.4 is 5.73 Å². The van der Waals surface area contributed by atoms with Crippen LogP contribution in [0, 0.1) is 0 Å². The normalized spacial score (nSPS) is 28.4. The van der Waals surface area contributed by atoms with Crippen molar-refractivity contribution in [3.63, 3.8) is 0 Å². The zero-order valence-corrected chi connectivity index (χ0v) is 10.5. The number of hydrogen-bond donors (Lipinski definition) is 2. The van der Waals surface area contributed by atoms with Crippen molar-refractivity contribution in [2.24, 2.45) is 0 Å². The summed E-state index contributed by atoms with van der Waals surface area (Å²) in [4.78, 5) is 20.4. The van der Waals surface area contributed by atoms with Crippen molar-refractivity contribution in [3.8, 4) is 0 Å². The van der Waals surface area contributed by atoms with Gasteiger partial charge in [-0.3, -0.25) is 14.8 Å². The van der Waals surface area contributed by atoms with Gasteiger partial charge in [0.15, 0.2) is 0 Å². The summed E-state index contributed by atoms with van der Waals surface area (Å²) in [6.45, 7) is 1.55. The molecule has 0 aliphatic carbocycles. The first-order valence-electron chi connectivity index (χ1n) is 6.34. The Balaban J connectivity index is 1.75. The number of carbonyl (C=O) groups is 1. The molecule has 7 nitrogen and oxygen atoms in total. The van der Waals surface area contributed by atoms with Crippen molar-refractivity contribution >= 4 is 11.9 Å². The van der Waals surface area contributed by atoms with E-state index in [-0.39, 0.29) is 17.7 Å². The van der Waals surface area contributed by atoms with Crippen LogP contribution >= 0.6 is 0 Å². The van der Waals surface area contributed by atoms with E-state index >= 15 is 0 Å². The summed E-state index contributed by atoms with van der Waals surface area (Å²) in [5, 5.41) is 6.29. The minimum Gasteiger partial charge on any atom is -0.366 e.